The average molecular weight is 330 g/mol. The van der Waals surface area contributed by atoms with E-state index in [-0.39, 0.29) is 5.75 Å². The molecule has 21 heavy (non-hydrogen) atoms. The van der Waals surface area contributed by atoms with Gasteiger partial charge in [0.25, 0.3) is 0 Å². The summed E-state index contributed by atoms with van der Waals surface area (Å²) in [5.41, 5.74) is 1.67. The second-order valence-corrected chi connectivity index (χ2v) is 7.80. The van der Waals surface area contributed by atoms with Gasteiger partial charge in [-0.15, -0.1) is 0 Å². The van der Waals surface area contributed by atoms with Gasteiger partial charge in [-0.2, -0.15) is 11.8 Å². The Morgan fingerprint density at radius 3 is 2.71 bits per heavy atom. The molecule has 0 atom stereocenters. The van der Waals surface area contributed by atoms with Gasteiger partial charge in [-0.25, -0.2) is 13.2 Å². The average Bonchev–Trinajstić information content (AvgIpc) is 2.40. The van der Waals surface area contributed by atoms with Gasteiger partial charge in [0, 0.05) is 29.4 Å². The second-order valence-electron chi connectivity index (χ2n) is 4.43. The summed E-state index contributed by atoms with van der Waals surface area (Å²) < 4.78 is 27.2. The quantitative estimate of drug-likeness (QED) is 0.580. The third-order valence-corrected chi connectivity index (χ3v) is 4.80. The van der Waals surface area contributed by atoms with Crippen molar-refractivity contribution in [2.24, 2.45) is 0 Å². The number of hydrogen-bond acceptors (Lipinski definition) is 5. The van der Waals surface area contributed by atoms with Crippen molar-refractivity contribution in [3.63, 3.8) is 0 Å². The summed E-state index contributed by atoms with van der Waals surface area (Å²) in [4.78, 5) is 10.6. The molecule has 0 fully saturated rings. The van der Waals surface area contributed by atoms with Gasteiger partial charge in [0.1, 0.15) is 15.6 Å². The Bertz CT molecular complexity index is 620. The fraction of sp³-hybridized carbons (Fsp3) is 0.357. The van der Waals surface area contributed by atoms with E-state index in [9.17, 15) is 13.2 Å². The number of rotatable bonds is 8. The minimum absolute atomic E-state index is 0.152. The Labute approximate surface area is 128 Å². The van der Waals surface area contributed by atoms with Crippen LogP contribution < -0.4 is 4.74 Å². The molecular weight excluding hydrogens is 312 g/mol. The molecule has 116 valence electrons. The number of carboxylic acid groups (broad SMARTS) is 1. The summed E-state index contributed by atoms with van der Waals surface area (Å²) in [6, 6.07) is 5.49. The normalized spacial score (nSPS) is 11.7. The molecule has 1 aromatic carbocycles. The third kappa shape index (κ3) is 7.19. The highest BCUT2D eigenvalue weighted by molar-refractivity contribution is 7.99. The highest BCUT2D eigenvalue weighted by Gasteiger charge is 2.05. The Balaban J connectivity index is 2.71. The Morgan fingerprint density at radius 2 is 2.14 bits per heavy atom. The lowest BCUT2D eigenvalue weighted by molar-refractivity contribution is -0.131. The van der Waals surface area contributed by atoms with Gasteiger partial charge < -0.3 is 9.84 Å². The van der Waals surface area contributed by atoms with Gasteiger partial charge in [0.05, 0.1) is 12.9 Å². The fourth-order valence-electron chi connectivity index (χ4n) is 1.57. The van der Waals surface area contributed by atoms with Gasteiger partial charge in [-0.05, 0) is 23.8 Å². The van der Waals surface area contributed by atoms with E-state index in [2.05, 4.69) is 0 Å². The van der Waals surface area contributed by atoms with Crippen molar-refractivity contribution in [2.75, 3.05) is 24.9 Å². The summed E-state index contributed by atoms with van der Waals surface area (Å²) >= 11 is 1.52. The standard InChI is InChI=1S/C14H18O5S2/c1-19-13-5-3-11(9-12(13)4-6-14(15)16)10-20-7-8-21(2,17)18/h3-6,9H,7-8,10H2,1-2H3,(H,15,16). The molecule has 1 aromatic rings. The first-order chi connectivity index (χ1) is 9.81. The maximum Gasteiger partial charge on any atom is 0.328 e. The number of carboxylic acids is 1. The summed E-state index contributed by atoms with van der Waals surface area (Å²) in [5.74, 6) is 0.917. The molecule has 0 heterocycles. The molecule has 1 N–H and O–H groups in total. The Morgan fingerprint density at radius 1 is 1.43 bits per heavy atom. The predicted octanol–water partition coefficient (Wildman–Crippen LogP) is 2.07. The van der Waals surface area contributed by atoms with Crippen molar-refractivity contribution in [1.82, 2.24) is 0 Å². The first-order valence-corrected chi connectivity index (χ1v) is 9.37. The van der Waals surface area contributed by atoms with Crippen LogP contribution in [0.15, 0.2) is 24.3 Å². The summed E-state index contributed by atoms with van der Waals surface area (Å²) in [6.45, 7) is 0. The smallest absolute Gasteiger partial charge is 0.328 e. The number of methoxy groups -OCH3 is 1. The van der Waals surface area contributed by atoms with E-state index in [1.54, 1.807) is 6.07 Å². The van der Waals surface area contributed by atoms with Gasteiger partial charge in [-0.3, -0.25) is 0 Å². The third-order valence-electron chi connectivity index (χ3n) is 2.57. The summed E-state index contributed by atoms with van der Waals surface area (Å²) in [7, 11) is -1.41. The molecule has 0 radical (unpaired) electrons. The van der Waals surface area contributed by atoms with Crippen molar-refractivity contribution in [3.8, 4) is 5.75 Å². The van der Waals surface area contributed by atoms with Crippen LogP contribution >= 0.6 is 11.8 Å². The molecule has 5 nitrogen and oxygen atoms in total. The lowest BCUT2D eigenvalue weighted by atomic mass is 10.1. The molecule has 0 bridgehead atoms. The molecule has 0 unspecified atom stereocenters. The van der Waals surface area contributed by atoms with Crippen molar-refractivity contribution < 1.29 is 23.1 Å². The number of thioether (sulfide) groups is 1. The Hall–Kier alpha value is -1.47. The van der Waals surface area contributed by atoms with Crippen molar-refractivity contribution in [2.45, 2.75) is 5.75 Å². The lowest BCUT2D eigenvalue weighted by Crippen LogP contribution is -2.05. The maximum absolute atomic E-state index is 11.0. The largest absolute Gasteiger partial charge is 0.496 e. The van der Waals surface area contributed by atoms with Crippen LogP contribution in [0.5, 0.6) is 5.75 Å². The number of hydrogen-bond donors (Lipinski definition) is 1. The van der Waals surface area contributed by atoms with Crippen LogP contribution in [0.3, 0.4) is 0 Å². The van der Waals surface area contributed by atoms with Crippen molar-refractivity contribution >= 4 is 33.6 Å². The number of carbonyl (C=O) groups is 1. The molecule has 0 spiro atoms. The van der Waals surface area contributed by atoms with Gasteiger partial charge in [0.2, 0.25) is 0 Å². The lowest BCUT2D eigenvalue weighted by Gasteiger charge is -2.08. The first-order valence-electron chi connectivity index (χ1n) is 6.15. The van der Waals surface area contributed by atoms with Gasteiger partial charge in [-0.1, -0.05) is 6.07 Å². The first kappa shape index (κ1) is 17.6. The molecule has 0 aromatic heterocycles. The number of sulfone groups is 1. The number of benzene rings is 1. The van der Waals surface area contributed by atoms with Gasteiger partial charge >= 0.3 is 5.97 Å². The fourth-order valence-corrected chi connectivity index (χ4v) is 3.81. The predicted molar refractivity (Wildman–Crippen MR) is 85.5 cm³/mol. The van der Waals surface area contributed by atoms with E-state index in [4.69, 9.17) is 9.84 Å². The minimum atomic E-state index is -2.93. The van der Waals surface area contributed by atoms with E-state index in [0.29, 0.717) is 22.8 Å². The zero-order valence-corrected chi connectivity index (χ0v) is 13.5. The molecule has 0 amide bonds. The van der Waals surface area contributed by atoms with Gasteiger partial charge in [0.15, 0.2) is 0 Å². The summed E-state index contributed by atoms with van der Waals surface area (Å²) in [5, 5.41) is 8.67. The van der Waals surface area contributed by atoms with Crippen LogP contribution in [0.25, 0.3) is 6.08 Å². The molecule has 0 saturated carbocycles. The van der Waals surface area contributed by atoms with Crippen molar-refractivity contribution in [3.05, 3.63) is 35.4 Å². The molecule has 0 saturated heterocycles. The Kier molecular flexibility index (Phi) is 6.77. The zero-order valence-electron chi connectivity index (χ0n) is 11.9. The number of aliphatic carboxylic acids is 1. The SMILES string of the molecule is COc1ccc(CSCCS(C)(=O)=O)cc1C=CC(=O)O. The second kappa shape index (κ2) is 8.09. The van der Waals surface area contributed by atoms with E-state index in [1.807, 2.05) is 12.1 Å². The monoisotopic (exact) mass is 330 g/mol. The van der Waals surface area contributed by atoms with E-state index >= 15 is 0 Å². The highest BCUT2D eigenvalue weighted by atomic mass is 32.2. The molecule has 0 aliphatic rings. The number of ether oxygens (including phenoxy) is 1. The van der Waals surface area contributed by atoms with Crippen molar-refractivity contribution in [1.29, 1.82) is 0 Å². The van der Waals surface area contributed by atoms with Crippen LogP contribution in [0.4, 0.5) is 0 Å². The van der Waals surface area contributed by atoms with E-state index in [1.165, 1.54) is 31.2 Å². The van der Waals surface area contributed by atoms with Crippen LogP contribution in [-0.4, -0.2) is 44.4 Å². The molecule has 1 rings (SSSR count). The zero-order chi connectivity index (χ0) is 15.9. The van der Waals surface area contributed by atoms with E-state index in [0.717, 1.165) is 11.6 Å². The van der Waals surface area contributed by atoms with Crippen LogP contribution in [-0.2, 0) is 20.4 Å². The maximum atomic E-state index is 11.0. The van der Waals surface area contributed by atoms with Crippen LogP contribution in [0, 0.1) is 0 Å². The molecule has 7 heteroatoms. The van der Waals surface area contributed by atoms with E-state index < -0.39 is 15.8 Å². The highest BCUT2D eigenvalue weighted by Crippen LogP contribution is 2.23. The summed E-state index contributed by atoms with van der Waals surface area (Å²) in [6.07, 6.45) is 3.75. The van der Waals surface area contributed by atoms with Crippen LogP contribution in [0.2, 0.25) is 0 Å². The van der Waals surface area contributed by atoms with Crippen LogP contribution in [0.1, 0.15) is 11.1 Å². The minimum Gasteiger partial charge on any atom is -0.496 e. The topological polar surface area (TPSA) is 80.7 Å². The molecule has 0 aliphatic heterocycles. The molecule has 0 aliphatic carbocycles. The molecular formula is C14H18O5S2.